The summed E-state index contributed by atoms with van der Waals surface area (Å²) in [5.41, 5.74) is 9.19. The highest BCUT2D eigenvalue weighted by Gasteiger charge is 2.21. The molecule has 104 valence electrons. The summed E-state index contributed by atoms with van der Waals surface area (Å²) in [6.07, 6.45) is 7.15. The Hall–Kier alpha value is -1.51. The van der Waals surface area contributed by atoms with Gasteiger partial charge < -0.3 is 11.1 Å². The molecule has 0 saturated heterocycles. The largest absolute Gasteiger partial charge is 0.399 e. The Morgan fingerprint density at radius 1 is 1.42 bits per heavy atom. The van der Waals surface area contributed by atoms with E-state index in [1.54, 1.807) is 0 Å². The number of anilines is 1. The Bertz CT molecular complexity index is 442. The summed E-state index contributed by atoms with van der Waals surface area (Å²) < 4.78 is 0. The lowest BCUT2D eigenvalue weighted by Crippen LogP contribution is -2.30. The number of nitrogen functional groups attached to an aromatic ring is 1. The first kappa shape index (κ1) is 13.9. The molecule has 0 saturated carbocycles. The van der Waals surface area contributed by atoms with Gasteiger partial charge in [-0.05, 0) is 48.9 Å². The minimum atomic E-state index is 0.179. The fourth-order valence-corrected chi connectivity index (χ4v) is 2.79. The molecule has 0 fully saturated rings. The van der Waals surface area contributed by atoms with Gasteiger partial charge in [-0.25, -0.2) is 0 Å². The summed E-state index contributed by atoms with van der Waals surface area (Å²) >= 11 is 0. The molecule has 1 atom stereocenters. The van der Waals surface area contributed by atoms with Gasteiger partial charge in [0.25, 0.3) is 0 Å². The molecule has 0 aliphatic heterocycles. The quantitative estimate of drug-likeness (QED) is 0.630. The van der Waals surface area contributed by atoms with E-state index in [0.29, 0.717) is 6.42 Å². The van der Waals surface area contributed by atoms with Crippen LogP contribution in [0.3, 0.4) is 0 Å². The SMILES string of the molecule is CCCCCC(=O)NC1CCCc2cc(N)ccc21. The van der Waals surface area contributed by atoms with Crippen molar-refractivity contribution in [2.45, 2.75) is 57.9 Å². The molecule has 0 heterocycles. The van der Waals surface area contributed by atoms with Crippen molar-refractivity contribution in [1.29, 1.82) is 0 Å². The van der Waals surface area contributed by atoms with Gasteiger partial charge in [0, 0.05) is 12.1 Å². The lowest BCUT2D eigenvalue weighted by atomic mass is 9.87. The first-order valence-electron chi connectivity index (χ1n) is 7.38. The van der Waals surface area contributed by atoms with Crippen molar-refractivity contribution in [3.63, 3.8) is 0 Å². The van der Waals surface area contributed by atoms with Crippen LogP contribution in [-0.2, 0) is 11.2 Å². The minimum absolute atomic E-state index is 0.179. The molecular weight excluding hydrogens is 236 g/mol. The second-order valence-electron chi connectivity index (χ2n) is 5.43. The van der Waals surface area contributed by atoms with E-state index in [0.717, 1.165) is 44.2 Å². The lowest BCUT2D eigenvalue weighted by Gasteiger charge is -2.26. The first-order chi connectivity index (χ1) is 9.20. The van der Waals surface area contributed by atoms with Gasteiger partial charge in [-0.3, -0.25) is 4.79 Å². The molecule has 19 heavy (non-hydrogen) atoms. The highest BCUT2D eigenvalue weighted by molar-refractivity contribution is 5.76. The van der Waals surface area contributed by atoms with Gasteiger partial charge in [-0.2, -0.15) is 0 Å². The molecule has 3 N–H and O–H groups in total. The summed E-state index contributed by atoms with van der Waals surface area (Å²) in [5, 5.41) is 3.17. The predicted molar refractivity (Wildman–Crippen MR) is 78.8 cm³/mol. The summed E-state index contributed by atoms with van der Waals surface area (Å²) in [4.78, 5) is 11.9. The van der Waals surface area contributed by atoms with E-state index < -0.39 is 0 Å². The van der Waals surface area contributed by atoms with Crippen molar-refractivity contribution in [2.75, 3.05) is 5.73 Å². The van der Waals surface area contributed by atoms with Crippen LogP contribution in [0, 0.1) is 0 Å². The number of carbonyl (C=O) groups is 1. The van der Waals surface area contributed by atoms with Crippen LogP contribution < -0.4 is 11.1 Å². The summed E-state index contributed by atoms with van der Waals surface area (Å²) in [6, 6.07) is 6.23. The molecule has 0 radical (unpaired) electrons. The third kappa shape index (κ3) is 3.72. The molecule has 1 aliphatic carbocycles. The summed E-state index contributed by atoms with van der Waals surface area (Å²) in [5.74, 6) is 0.183. The molecule has 1 aromatic carbocycles. The Kier molecular flexibility index (Phi) is 4.83. The van der Waals surface area contributed by atoms with E-state index in [1.807, 2.05) is 12.1 Å². The Labute approximate surface area is 115 Å². The number of benzene rings is 1. The number of carbonyl (C=O) groups excluding carboxylic acids is 1. The van der Waals surface area contributed by atoms with Crippen LogP contribution in [0.25, 0.3) is 0 Å². The molecule has 0 aromatic heterocycles. The Morgan fingerprint density at radius 2 is 2.26 bits per heavy atom. The third-order valence-corrected chi connectivity index (χ3v) is 3.82. The zero-order chi connectivity index (χ0) is 13.7. The number of rotatable bonds is 5. The minimum Gasteiger partial charge on any atom is -0.399 e. The average molecular weight is 260 g/mol. The number of hydrogen-bond acceptors (Lipinski definition) is 2. The molecule has 1 unspecified atom stereocenters. The van der Waals surface area contributed by atoms with Gasteiger partial charge in [-0.15, -0.1) is 0 Å². The van der Waals surface area contributed by atoms with Crippen LogP contribution >= 0.6 is 0 Å². The number of nitrogens with two attached hydrogens (primary N) is 1. The van der Waals surface area contributed by atoms with E-state index in [-0.39, 0.29) is 11.9 Å². The number of amides is 1. The van der Waals surface area contributed by atoms with Crippen LogP contribution in [0.15, 0.2) is 18.2 Å². The number of aryl methyl sites for hydroxylation is 1. The number of hydrogen-bond donors (Lipinski definition) is 2. The van der Waals surface area contributed by atoms with Crippen molar-refractivity contribution in [3.8, 4) is 0 Å². The standard InChI is InChI=1S/C16H24N2O/c1-2-3-4-8-16(19)18-15-7-5-6-12-11-13(17)9-10-14(12)15/h9-11,15H,2-8,17H2,1H3,(H,18,19). The highest BCUT2D eigenvalue weighted by atomic mass is 16.1. The second kappa shape index (κ2) is 6.60. The van der Waals surface area contributed by atoms with E-state index in [1.165, 1.54) is 11.1 Å². The summed E-state index contributed by atoms with van der Waals surface area (Å²) in [7, 11) is 0. The smallest absolute Gasteiger partial charge is 0.220 e. The maximum absolute atomic E-state index is 11.9. The predicted octanol–water partition coefficient (Wildman–Crippen LogP) is 3.34. The monoisotopic (exact) mass is 260 g/mol. The fraction of sp³-hybridized carbons (Fsp3) is 0.562. The van der Waals surface area contributed by atoms with Crippen molar-refractivity contribution in [1.82, 2.24) is 5.32 Å². The highest BCUT2D eigenvalue weighted by Crippen LogP contribution is 2.31. The van der Waals surface area contributed by atoms with Crippen LogP contribution in [0.2, 0.25) is 0 Å². The second-order valence-corrected chi connectivity index (χ2v) is 5.43. The molecule has 3 nitrogen and oxygen atoms in total. The Morgan fingerprint density at radius 3 is 3.05 bits per heavy atom. The van der Waals surface area contributed by atoms with Crippen molar-refractivity contribution < 1.29 is 4.79 Å². The average Bonchev–Trinajstić information content (AvgIpc) is 2.39. The molecule has 2 rings (SSSR count). The van der Waals surface area contributed by atoms with E-state index in [9.17, 15) is 4.79 Å². The molecule has 1 aliphatic rings. The van der Waals surface area contributed by atoms with Gasteiger partial charge in [0.1, 0.15) is 0 Å². The molecule has 1 aromatic rings. The molecule has 0 spiro atoms. The van der Waals surface area contributed by atoms with Crippen molar-refractivity contribution >= 4 is 11.6 Å². The zero-order valence-corrected chi connectivity index (χ0v) is 11.7. The van der Waals surface area contributed by atoms with E-state index in [2.05, 4.69) is 18.3 Å². The Balaban J connectivity index is 1.97. The number of unbranched alkanes of at least 4 members (excludes halogenated alkanes) is 2. The van der Waals surface area contributed by atoms with Gasteiger partial charge >= 0.3 is 0 Å². The first-order valence-corrected chi connectivity index (χ1v) is 7.38. The maximum Gasteiger partial charge on any atom is 0.220 e. The van der Waals surface area contributed by atoms with Crippen LogP contribution in [0.1, 0.15) is 62.6 Å². The normalized spacial score (nSPS) is 17.8. The van der Waals surface area contributed by atoms with E-state index in [4.69, 9.17) is 5.73 Å². The zero-order valence-electron chi connectivity index (χ0n) is 11.7. The number of nitrogens with one attached hydrogen (secondary N) is 1. The van der Waals surface area contributed by atoms with Crippen molar-refractivity contribution in [3.05, 3.63) is 29.3 Å². The topological polar surface area (TPSA) is 55.1 Å². The van der Waals surface area contributed by atoms with Crippen LogP contribution in [-0.4, -0.2) is 5.91 Å². The van der Waals surface area contributed by atoms with Gasteiger partial charge in [0.2, 0.25) is 5.91 Å². The molecule has 3 heteroatoms. The lowest BCUT2D eigenvalue weighted by molar-refractivity contribution is -0.122. The molecule has 0 bridgehead atoms. The fourth-order valence-electron chi connectivity index (χ4n) is 2.79. The third-order valence-electron chi connectivity index (χ3n) is 3.82. The van der Waals surface area contributed by atoms with Gasteiger partial charge in [0.15, 0.2) is 0 Å². The maximum atomic E-state index is 11.9. The van der Waals surface area contributed by atoms with Gasteiger partial charge in [0.05, 0.1) is 6.04 Å². The molecular formula is C16H24N2O. The van der Waals surface area contributed by atoms with Crippen LogP contribution in [0.4, 0.5) is 5.69 Å². The van der Waals surface area contributed by atoms with Gasteiger partial charge in [-0.1, -0.05) is 25.8 Å². The van der Waals surface area contributed by atoms with E-state index >= 15 is 0 Å². The van der Waals surface area contributed by atoms with Crippen LogP contribution in [0.5, 0.6) is 0 Å². The number of fused-ring (bicyclic) bond motifs is 1. The molecule has 1 amide bonds. The van der Waals surface area contributed by atoms with Crippen molar-refractivity contribution in [2.24, 2.45) is 0 Å². The summed E-state index contributed by atoms with van der Waals surface area (Å²) in [6.45, 7) is 2.15.